The number of rotatable bonds is 2. The zero-order valence-corrected chi connectivity index (χ0v) is 14.1. The Bertz CT molecular complexity index is 528. The second-order valence-electron chi connectivity index (χ2n) is 5.93. The molecule has 0 aromatic heterocycles. The van der Waals surface area contributed by atoms with Gasteiger partial charge in [0.15, 0.2) is 0 Å². The largest absolute Gasteiger partial charge is 0.356 e. The Balaban J connectivity index is 2.36. The Hall–Kier alpha value is -1.07. The number of carbonyl (C=O) groups is 1. The molecule has 1 heterocycles. The minimum absolute atomic E-state index is 0.0134. The minimum atomic E-state index is -0.526. The van der Waals surface area contributed by atoms with Crippen molar-refractivity contribution in [2.45, 2.75) is 32.4 Å². The predicted molar refractivity (Wildman–Crippen MR) is 85.8 cm³/mol. The van der Waals surface area contributed by atoms with Crippen molar-refractivity contribution in [1.29, 1.82) is 0 Å². The van der Waals surface area contributed by atoms with Crippen LogP contribution in [0.4, 0.5) is 5.69 Å². The van der Waals surface area contributed by atoms with Gasteiger partial charge in [0.05, 0.1) is 0 Å². The number of halogens is 1. The number of nitrogens with two attached hydrogens (primary N) is 1. The Kier molecular flexibility index (Phi) is 4.12. The second-order valence-corrected chi connectivity index (χ2v) is 6.79. The van der Waals surface area contributed by atoms with Crippen LogP contribution in [0.2, 0.25) is 0 Å². The van der Waals surface area contributed by atoms with Crippen LogP contribution < -0.4 is 10.6 Å². The average molecular weight is 340 g/mol. The van der Waals surface area contributed by atoms with Gasteiger partial charge in [0.1, 0.15) is 5.54 Å². The van der Waals surface area contributed by atoms with Crippen molar-refractivity contribution in [2.75, 3.05) is 25.0 Å². The quantitative estimate of drug-likeness (QED) is 0.900. The Morgan fingerprint density at radius 1 is 1.35 bits per heavy atom. The molecule has 1 atom stereocenters. The summed E-state index contributed by atoms with van der Waals surface area (Å²) < 4.78 is 0.993. The first kappa shape index (κ1) is 15.3. The highest BCUT2D eigenvalue weighted by molar-refractivity contribution is 9.10. The molecule has 5 heteroatoms. The van der Waals surface area contributed by atoms with Crippen LogP contribution in [-0.2, 0) is 4.79 Å². The Labute approximate surface area is 129 Å². The zero-order chi connectivity index (χ0) is 15.1. The Morgan fingerprint density at radius 2 is 2.00 bits per heavy atom. The molecule has 0 spiro atoms. The molecule has 0 bridgehead atoms. The molecule has 1 aliphatic rings. The number of amides is 1. The number of hydrogen-bond donors (Lipinski definition) is 1. The van der Waals surface area contributed by atoms with Crippen molar-refractivity contribution >= 4 is 27.5 Å². The van der Waals surface area contributed by atoms with E-state index in [0.717, 1.165) is 28.8 Å². The third-order valence-electron chi connectivity index (χ3n) is 3.99. The van der Waals surface area contributed by atoms with Crippen molar-refractivity contribution < 1.29 is 4.79 Å². The molecular formula is C15H22BrN3O. The topological polar surface area (TPSA) is 49.6 Å². The molecule has 1 unspecified atom stereocenters. The number of benzene rings is 1. The van der Waals surface area contributed by atoms with Gasteiger partial charge in [-0.25, -0.2) is 0 Å². The van der Waals surface area contributed by atoms with Crippen molar-refractivity contribution in [3.05, 3.63) is 28.2 Å². The molecule has 110 valence electrons. The van der Waals surface area contributed by atoms with Gasteiger partial charge >= 0.3 is 0 Å². The van der Waals surface area contributed by atoms with Gasteiger partial charge in [-0.15, -0.1) is 0 Å². The maximum Gasteiger partial charge on any atom is 0.247 e. The van der Waals surface area contributed by atoms with E-state index in [1.807, 2.05) is 40.0 Å². The standard InChI is InChI=1S/C15H22BrN3O/c1-10(17)12-6-5-11(9-13(12)16)19-8-7-18(4)14(20)15(19,2)3/h5-6,9-10H,7-8,17H2,1-4H3. The molecule has 20 heavy (non-hydrogen) atoms. The molecule has 0 saturated carbocycles. The van der Waals surface area contributed by atoms with Crippen LogP contribution in [0.5, 0.6) is 0 Å². The molecular weight excluding hydrogens is 318 g/mol. The monoisotopic (exact) mass is 339 g/mol. The van der Waals surface area contributed by atoms with E-state index in [2.05, 4.69) is 26.9 Å². The van der Waals surface area contributed by atoms with E-state index in [4.69, 9.17) is 5.73 Å². The van der Waals surface area contributed by atoms with Crippen LogP contribution in [0, 0.1) is 0 Å². The van der Waals surface area contributed by atoms with E-state index >= 15 is 0 Å². The summed E-state index contributed by atoms with van der Waals surface area (Å²) in [4.78, 5) is 16.3. The van der Waals surface area contributed by atoms with Gasteiger partial charge in [-0.3, -0.25) is 4.79 Å². The molecule has 1 aromatic rings. The van der Waals surface area contributed by atoms with E-state index in [9.17, 15) is 4.79 Å². The zero-order valence-electron chi connectivity index (χ0n) is 12.5. The van der Waals surface area contributed by atoms with Crippen LogP contribution >= 0.6 is 15.9 Å². The SMILES string of the molecule is CC(N)c1ccc(N2CCN(C)C(=O)C2(C)C)cc1Br. The van der Waals surface area contributed by atoms with Crippen LogP contribution in [0.3, 0.4) is 0 Å². The lowest BCUT2D eigenvalue weighted by Crippen LogP contribution is -2.62. The lowest BCUT2D eigenvalue weighted by Gasteiger charge is -2.46. The van der Waals surface area contributed by atoms with Gasteiger partial charge in [-0.05, 0) is 38.5 Å². The first-order valence-electron chi connectivity index (χ1n) is 6.83. The maximum absolute atomic E-state index is 12.3. The smallest absolute Gasteiger partial charge is 0.247 e. The molecule has 1 aromatic carbocycles. The first-order valence-corrected chi connectivity index (χ1v) is 7.62. The second kappa shape index (κ2) is 5.37. The summed E-state index contributed by atoms with van der Waals surface area (Å²) in [6.07, 6.45) is 0. The summed E-state index contributed by atoms with van der Waals surface area (Å²) in [5.74, 6) is 0.149. The van der Waals surface area contributed by atoms with E-state index in [1.165, 1.54) is 0 Å². The molecule has 2 rings (SSSR count). The summed E-state index contributed by atoms with van der Waals surface area (Å²) in [6, 6.07) is 6.12. The number of hydrogen-bond acceptors (Lipinski definition) is 3. The molecule has 1 saturated heterocycles. The number of anilines is 1. The predicted octanol–water partition coefficient (Wildman–Crippen LogP) is 2.53. The lowest BCUT2D eigenvalue weighted by molar-refractivity contribution is -0.136. The first-order chi connectivity index (χ1) is 9.25. The highest BCUT2D eigenvalue weighted by Gasteiger charge is 2.40. The number of piperazine rings is 1. The summed E-state index contributed by atoms with van der Waals surface area (Å²) in [6.45, 7) is 7.48. The van der Waals surface area contributed by atoms with Gasteiger partial charge < -0.3 is 15.5 Å². The summed E-state index contributed by atoms with van der Waals surface area (Å²) in [7, 11) is 1.86. The van der Waals surface area contributed by atoms with E-state index in [0.29, 0.717) is 0 Å². The fourth-order valence-corrected chi connectivity index (χ4v) is 3.45. The molecule has 0 aliphatic carbocycles. The highest BCUT2D eigenvalue weighted by Crippen LogP contribution is 2.32. The van der Waals surface area contributed by atoms with Crippen molar-refractivity contribution in [2.24, 2.45) is 5.73 Å². The number of carbonyl (C=O) groups excluding carboxylic acids is 1. The molecule has 1 amide bonds. The van der Waals surface area contributed by atoms with Gasteiger partial charge in [-0.1, -0.05) is 22.0 Å². The van der Waals surface area contributed by atoms with Crippen LogP contribution in [-0.4, -0.2) is 36.5 Å². The van der Waals surface area contributed by atoms with Gasteiger partial charge in [0, 0.05) is 36.3 Å². The molecule has 1 fully saturated rings. The third kappa shape index (κ3) is 2.56. The van der Waals surface area contributed by atoms with E-state index in [-0.39, 0.29) is 11.9 Å². The highest BCUT2D eigenvalue weighted by atomic mass is 79.9. The maximum atomic E-state index is 12.3. The van der Waals surface area contributed by atoms with Gasteiger partial charge in [0.2, 0.25) is 5.91 Å². The number of likely N-dealkylation sites (N-methyl/N-ethyl adjacent to an activating group) is 1. The fourth-order valence-electron chi connectivity index (χ4n) is 2.72. The minimum Gasteiger partial charge on any atom is -0.356 e. The Morgan fingerprint density at radius 3 is 2.55 bits per heavy atom. The molecule has 2 N–H and O–H groups in total. The fraction of sp³-hybridized carbons (Fsp3) is 0.533. The molecule has 0 radical (unpaired) electrons. The number of nitrogens with zero attached hydrogens (tertiary/aromatic N) is 2. The molecule has 4 nitrogen and oxygen atoms in total. The van der Waals surface area contributed by atoms with Crippen molar-refractivity contribution in [1.82, 2.24) is 4.90 Å². The van der Waals surface area contributed by atoms with E-state index in [1.54, 1.807) is 4.90 Å². The summed E-state index contributed by atoms with van der Waals surface area (Å²) in [5, 5.41) is 0. The van der Waals surface area contributed by atoms with Gasteiger partial charge in [-0.2, -0.15) is 0 Å². The van der Waals surface area contributed by atoms with Crippen molar-refractivity contribution in [3.8, 4) is 0 Å². The average Bonchev–Trinajstić information content (AvgIpc) is 2.35. The van der Waals surface area contributed by atoms with Crippen LogP contribution in [0.1, 0.15) is 32.4 Å². The van der Waals surface area contributed by atoms with E-state index < -0.39 is 5.54 Å². The van der Waals surface area contributed by atoms with Crippen LogP contribution in [0.15, 0.2) is 22.7 Å². The summed E-state index contributed by atoms with van der Waals surface area (Å²) in [5.41, 5.74) is 7.53. The molecule has 1 aliphatic heterocycles. The summed E-state index contributed by atoms with van der Waals surface area (Å²) >= 11 is 3.58. The van der Waals surface area contributed by atoms with Crippen LogP contribution in [0.25, 0.3) is 0 Å². The third-order valence-corrected chi connectivity index (χ3v) is 4.68. The van der Waals surface area contributed by atoms with Gasteiger partial charge in [0.25, 0.3) is 0 Å². The normalized spacial score (nSPS) is 20.2. The van der Waals surface area contributed by atoms with Crippen molar-refractivity contribution in [3.63, 3.8) is 0 Å². The lowest BCUT2D eigenvalue weighted by atomic mass is 9.96.